The van der Waals surface area contributed by atoms with Crippen LogP contribution in [0.15, 0.2) is 78.9 Å². The van der Waals surface area contributed by atoms with E-state index in [1.54, 1.807) is 36.4 Å². The zero-order valence-corrected chi connectivity index (χ0v) is 17.1. The number of carbonyl (C=O) groups is 2. The minimum absolute atomic E-state index is 0.0912. The predicted molar refractivity (Wildman–Crippen MR) is 117 cm³/mol. The number of nitrogens with zero attached hydrogens (tertiary/aromatic N) is 3. The first-order valence-corrected chi connectivity index (χ1v) is 10.2. The average molecular weight is 429 g/mol. The highest BCUT2D eigenvalue weighted by Gasteiger charge is 2.60. The number of amides is 2. The summed E-state index contributed by atoms with van der Waals surface area (Å²) in [5, 5.41) is 12.9. The molecular weight excluding hydrogens is 410 g/mol. The Morgan fingerprint density at radius 2 is 1.62 bits per heavy atom. The fourth-order valence-electron chi connectivity index (χ4n) is 4.43. The molecule has 0 spiro atoms. The molecule has 2 aliphatic rings. The Bertz CT molecular complexity index is 1230. The number of para-hydroxylation sites is 2. The SMILES string of the molecule is Cc1ccccc1N1C(=O)[C@H]2[C@@H](c3cccc([N+](=O)[O-])c3)N(c3ccccc3)O[C@H]2C1=O. The topological polar surface area (TPSA) is 93.0 Å². The lowest BCUT2D eigenvalue weighted by Gasteiger charge is -2.29. The van der Waals surface area contributed by atoms with Crippen LogP contribution in [0.3, 0.4) is 0 Å². The molecule has 3 atom stereocenters. The smallest absolute Gasteiger partial charge is 0.269 e. The van der Waals surface area contributed by atoms with Crippen molar-refractivity contribution in [3.63, 3.8) is 0 Å². The van der Waals surface area contributed by atoms with Gasteiger partial charge in [0.05, 0.1) is 22.3 Å². The van der Waals surface area contributed by atoms with Crippen LogP contribution in [0.5, 0.6) is 0 Å². The van der Waals surface area contributed by atoms with Crippen LogP contribution in [0, 0.1) is 23.0 Å². The van der Waals surface area contributed by atoms with E-state index in [0.717, 1.165) is 5.56 Å². The molecule has 8 nitrogen and oxygen atoms in total. The van der Waals surface area contributed by atoms with Crippen molar-refractivity contribution in [2.24, 2.45) is 5.92 Å². The first-order valence-electron chi connectivity index (χ1n) is 10.2. The summed E-state index contributed by atoms with van der Waals surface area (Å²) in [6.45, 7) is 1.83. The number of hydroxylamine groups is 1. The number of hydrogen-bond donors (Lipinski definition) is 0. The highest BCUT2D eigenvalue weighted by molar-refractivity contribution is 6.24. The van der Waals surface area contributed by atoms with Gasteiger partial charge in [0.1, 0.15) is 5.92 Å². The van der Waals surface area contributed by atoms with Crippen LogP contribution >= 0.6 is 0 Å². The predicted octanol–water partition coefficient (Wildman–Crippen LogP) is 3.95. The van der Waals surface area contributed by atoms with E-state index in [1.165, 1.54) is 22.1 Å². The lowest BCUT2D eigenvalue weighted by atomic mass is 9.90. The molecule has 2 amide bonds. The van der Waals surface area contributed by atoms with Crippen molar-refractivity contribution >= 4 is 28.9 Å². The Morgan fingerprint density at radius 1 is 0.906 bits per heavy atom. The fourth-order valence-corrected chi connectivity index (χ4v) is 4.43. The van der Waals surface area contributed by atoms with E-state index in [-0.39, 0.29) is 11.6 Å². The highest BCUT2D eigenvalue weighted by Crippen LogP contribution is 2.48. The second-order valence-corrected chi connectivity index (χ2v) is 7.81. The van der Waals surface area contributed by atoms with E-state index < -0.39 is 28.9 Å². The van der Waals surface area contributed by atoms with Gasteiger partial charge in [-0.05, 0) is 36.2 Å². The molecule has 0 bridgehead atoms. The molecule has 3 aromatic rings. The van der Waals surface area contributed by atoms with Gasteiger partial charge in [0.15, 0.2) is 6.10 Å². The standard InChI is InChI=1S/C24H19N3O5/c1-15-8-5-6-13-19(15)25-23(28)20-21(16-9-7-12-18(14-16)27(30)31)26(32-22(20)24(25)29)17-10-3-2-4-11-17/h2-14,20-22H,1H3/t20-,21+,22+/m0/s1. The van der Waals surface area contributed by atoms with Crippen LogP contribution in [-0.4, -0.2) is 22.8 Å². The van der Waals surface area contributed by atoms with Gasteiger partial charge in [0, 0.05) is 12.1 Å². The third-order valence-corrected chi connectivity index (χ3v) is 5.91. The summed E-state index contributed by atoms with van der Waals surface area (Å²) in [6, 6.07) is 21.7. The van der Waals surface area contributed by atoms with Crippen LogP contribution in [-0.2, 0) is 14.4 Å². The summed E-state index contributed by atoms with van der Waals surface area (Å²) in [7, 11) is 0. The summed E-state index contributed by atoms with van der Waals surface area (Å²) < 4.78 is 0. The maximum absolute atomic E-state index is 13.6. The van der Waals surface area contributed by atoms with Gasteiger partial charge in [0.2, 0.25) is 5.91 Å². The zero-order valence-electron chi connectivity index (χ0n) is 17.1. The Balaban J connectivity index is 1.62. The van der Waals surface area contributed by atoms with Gasteiger partial charge in [0.25, 0.3) is 11.6 Å². The zero-order chi connectivity index (χ0) is 22.4. The van der Waals surface area contributed by atoms with Crippen LogP contribution in [0.4, 0.5) is 17.1 Å². The molecule has 0 N–H and O–H groups in total. The number of nitro groups is 1. The summed E-state index contributed by atoms with van der Waals surface area (Å²) in [5.41, 5.74) is 2.40. The van der Waals surface area contributed by atoms with E-state index in [0.29, 0.717) is 16.9 Å². The van der Waals surface area contributed by atoms with Gasteiger partial charge in [-0.1, -0.05) is 48.5 Å². The number of hydrogen-bond acceptors (Lipinski definition) is 6. The van der Waals surface area contributed by atoms with Crippen molar-refractivity contribution in [2.45, 2.75) is 19.1 Å². The third kappa shape index (κ3) is 3.04. The van der Waals surface area contributed by atoms with E-state index in [2.05, 4.69) is 0 Å². The van der Waals surface area contributed by atoms with Crippen molar-refractivity contribution in [1.29, 1.82) is 0 Å². The minimum atomic E-state index is -1.02. The Labute approximate surface area is 183 Å². The molecule has 160 valence electrons. The molecule has 2 heterocycles. The van der Waals surface area contributed by atoms with E-state index in [9.17, 15) is 19.7 Å². The molecule has 2 fully saturated rings. The molecule has 2 aliphatic heterocycles. The molecule has 0 aliphatic carbocycles. The highest BCUT2D eigenvalue weighted by atomic mass is 16.7. The number of carbonyl (C=O) groups excluding carboxylic acids is 2. The molecule has 5 rings (SSSR count). The van der Waals surface area contributed by atoms with E-state index >= 15 is 0 Å². The van der Waals surface area contributed by atoms with E-state index in [4.69, 9.17) is 4.84 Å². The van der Waals surface area contributed by atoms with E-state index in [1.807, 2.05) is 37.3 Å². The largest absolute Gasteiger partial charge is 0.273 e. The Kier molecular flexibility index (Phi) is 4.71. The number of imide groups is 1. The summed E-state index contributed by atoms with van der Waals surface area (Å²) in [6.07, 6.45) is -1.02. The molecule has 32 heavy (non-hydrogen) atoms. The molecule has 0 aromatic heterocycles. The van der Waals surface area contributed by atoms with Crippen molar-refractivity contribution in [1.82, 2.24) is 0 Å². The van der Waals surface area contributed by atoms with Crippen LogP contribution < -0.4 is 9.96 Å². The lowest BCUT2D eigenvalue weighted by molar-refractivity contribution is -0.384. The minimum Gasteiger partial charge on any atom is -0.273 e. The number of non-ortho nitro benzene ring substituents is 1. The van der Waals surface area contributed by atoms with Crippen LogP contribution in [0.25, 0.3) is 0 Å². The molecule has 2 saturated heterocycles. The summed E-state index contributed by atoms with van der Waals surface area (Å²) in [4.78, 5) is 45.0. The van der Waals surface area contributed by atoms with Gasteiger partial charge in [-0.25, -0.2) is 9.96 Å². The number of anilines is 2. The quantitative estimate of drug-likeness (QED) is 0.354. The van der Waals surface area contributed by atoms with Crippen molar-refractivity contribution in [3.8, 4) is 0 Å². The molecule has 8 heteroatoms. The van der Waals surface area contributed by atoms with Crippen LogP contribution in [0.1, 0.15) is 17.2 Å². The van der Waals surface area contributed by atoms with Gasteiger partial charge in [-0.15, -0.1) is 0 Å². The molecule has 0 radical (unpaired) electrons. The van der Waals surface area contributed by atoms with Crippen molar-refractivity contribution < 1.29 is 19.3 Å². The van der Waals surface area contributed by atoms with Crippen LogP contribution in [0.2, 0.25) is 0 Å². The van der Waals surface area contributed by atoms with Gasteiger partial charge in [-0.3, -0.25) is 24.5 Å². The van der Waals surface area contributed by atoms with Crippen molar-refractivity contribution in [2.75, 3.05) is 9.96 Å². The van der Waals surface area contributed by atoms with Gasteiger partial charge in [-0.2, -0.15) is 0 Å². The second kappa shape index (κ2) is 7.58. The summed E-state index contributed by atoms with van der Waals surface area (Å²) in [5.74, 6) is -1.67. The second-order valence-electron chi connectivity index (χ2n) is 7.81. The fraction of sp³-hybridized carbons (Fsp3) is 0.167. The molecule has 0 unspecified atom stereocenters. The lowest BCUT2D eigenvalue weighted by Crippen LogP contribution is -2.37. The normalized spacial score (nSPS) is 22.3. The van der Waals surface area contributed by atoms with Gasteiger partial charge < -0.3 is 0 Å². The first-order chi connectivity index (χ1) is 15.5. The van der Waals surface area contributed by atoms with Gasteiger partial charge >= 0.3 is 0 Å². The third-order valence-electron chi connectivity index (χ3n) is 5.91. The number of rotatable bonds is 4. The number of fused-ring (bicyclic) bond motifs is 1. The maximum Gasteiger partial charge on any atom is 0.269 e. The maximum atomic E-state index is 13.6. The van der Waals surface area contributed by atoms with Crippen molar-refractivity contribution in [3.05, 3.63) is 100 Å². The molecular formula is C24H19N3O5. The average Bonchev–Trinajstić information content (AvgIpc) is 3.31. The molecule has 3 aromatic carbocycles. The number of nitro benzene ring substituents is 1. The number of benzene rings is 3. The number of aryl methyl sites for hydroxylation is 1. The monoisotopic (exact) mass is 429 g/mol. The first kappa shape index (κ1) is 19.9. The summed E-state index contributed by atoms with van der Waals surface area (Å²) >= 11 is 0. The molecule has 0 saturated carbocycles. The Morgan fingerprint density at radius 3 is 2.34 bits per heavy atom. The Hall–Kier alpha value is -4.04.